The summed E-state index contributed by atoms with van der Waals surface area (Å²) in [6, 6.07) is 9.39. The molecule has 2 amide bonds. The first-order valence-corrected chi connectivity index (χ1v) is 10.2. The second-order valence-corrected chi connectivity index (χ2v) is 7.97. The van der Waals surface area contributed by atoms with Gasteiger partial charge in [-0.1, -0.05) is 41.3 Å². The molecule has 0 spiro atoms. The lowest BCUT2D eigenvalue weighted by Crippen LogP contribution is -2.28. The largest absolute Gasteiger partial charge is 0.381 e. The maximum absolute atomic E-state index is 12.5. The van der Waals surface area contributed by atoms with E-state index in [9.17, 15) is 9.59 Å². The van der Waals surface area contributed by atoms with E-state index < -0.39 is 0 Å². The van der Waals surface area contributed by atoms with E-state index >= 15 is 0 Å². The minimum absolute atomic E-state index is 0.0409. The van der Waals surface area contributed by atoms with Gasteiger partial charge in [-0.3, -0.25) is 9.59 Å². The molecule has 1 fully saturated rings. The molecule has 0 radical (unpaired) electrons. The number of hydrogen-bond donors (Lipinski definition) is 1. The Balaban J connectivity index is 1.52. The Kier molecular flexibility index (Phi) is 6.59. The van der Waals surface area contributed by atoms with E-state index in [0.29, 0.717) is 24.9 Å². The lowest BCUT2D eigenvalue weighted by atomic mass is 10.1. The zero-order valence-electron chi connectivity index (χ0n) is 14.4. The molecule has 1 aromatic carbocycles. The number of anilines is 2. The molecule has 1 aliphatic heterocycles. The smallest absolute Gasteiger partial charge is 0.231 e. The molecule has 1 saturated heterocycles. The Morgan fingerprint density at radius 1 is 1.38 bits per heavy atom. The van der Waals surface area contributed by atoms with Gasteiger partial charge in [0.15, 0.2) is 4.34 Å². The summed E-state index contributed by atoms with van der Waals surface area (Å²) in [4.78, 5) is 26.3. The highest BCUT2D eigenvalue weighted by Gasteiger charge is 2.35. The molecule has 0 aliphatic carbocycles. The predicted molar refractivity (Wildman–Crippen MR) is 103 cm³/mol. The van der Waals surface area contributed by atoms with Crippen molar-refractivity contribution in [1.29, 1.82) is 0 Å². The van der Waals surface area contributed by atoms with Crippen molar-refractivity contribution >= 4 is 45.7 Å². The number of carbonyl (C=O) groups excluding carboxylic acids is 2. The molecule has 1 N–H and O–H groups in total. The van der Waals surface area contributed by atoms with Crippen LogP contribution in [0.3, 0.4) is 0 Å². The van der Waals surface area contributed by atoms with Gasteiger partial charge in [-0.15, -0.1) is 10.2 Å². The van der Waals surface area contributed by atoms with E-state index in [1.807, 2.05) is 37.3 Å². The highest BCUT2D eigenvalue weighted by molar-refractivity contribution is 8.01. The molecule has 9 heteroatoms. The highest BCUT2D eigenvalue weighted by Crippen LogP contribution is 2.28. The summed E-state index contributed by atoms with van der Waals surface area (Å²) in [6.45, 7) is 3.68. The van der Waals surface area contributed by atoms with Crippen LogP contribution in [0.1, 0.15) is 13.3 Å². The fourth-order valence-electron chi connectivity index (χ4n) is 2.60. The van der Waals surface area contributed by atoms with Crippen LogP contribution in [-0.2, 0) is 14.3 Å². The van der Waals surface area contributed by atoms with Crippen molar-refractivity contribution in [1.82, 2.24) is 10.2 Å². The van der Waals surface area contributed by atoms with Gasteiger partial charge in [0.1, 0.15) is 0 Å². The van der Waals surface area contributed by atoms with Gasteiger partial charge in [0, 0.05) is 31.0 Å². The predicted octanol–water partition coefficient (Wildman–Crippen LogP) is 2.66. The van der Waals surface area contributed by atoms with Crippen LogP contribution < -0.4 is 10.2 Å². The maximum Gasteiger partial charge on any atom is 0.231 e. The number of carbonyl (C=O) groups is 2. The van der Waals surface area contributed by atoms with Gasteiger partial charge in [-0.05, 0) is 19.1 Å². The molecule has 1 aliphatic rings. The average Bonchev–Trinajstić information content (AvgIpc) is 3.26. The van der Waals surface area contributed by atoms with Crippen LogP contribution in [0.4, 0.5) is 10.8 Å². The Morgan fingerprint density at radius 2 is 2.19 bits per heavy atom. The summed E-state index contributed by atoms with van der Waals surface area (Å²) in [5.41, 5.74) is 0.816. The van der Waals surface area contributed by atoms with E-state index in [1.165, 1.54) is 11.3 Å². The molecule has 7 nitrogen and oxygen atoms in total. The number of benzene rings is 1. The first-order valence-electron chi connectivity index (χ1n) is 8.37. The summed E-state index contributed by atoms with van der Waals surface area (Å²) in [5, 5.41) is 11.3. The zero-order chi connectivity index (χ0) is 18.4. The Hall–Kier alpha value is -1.97. The molecule has 1 aromatic heterocycles. The van der Waals surface area contributed by atoms with Crippen LogP contribution in [-0.4, -0.2) is 47.5 Å². The fourth-order valence-corrected chi connectivity index (χ4v) is 4.28. The number of hydrogen-bond acceptors (Lipinski definition) is 7. The van der Waals surface area contributed by atoms with Gasteiger partial charge < -0.3 is 15.0 Å². The van der Waals surface area contributed by atoms with Crippen molar-refractivity contribution in [2.75, 3.05) is 35.7 Å². The second-order valence-electron chi connectivity index (χ2n) is 5.65. The SMILES string of the molecule is CCOCCSc1nnc(NC(=O)[C@H]2CC(=O)N(c3ccccc3)C2)s1. The molecule has 0 bridgehead atoms. The van der Waals surface area contributed by atoms with E-state index in [-0.39, 0.29) is 24.2 Å². The monoisotopic (exact) mass is 392 g/mol. The van der Waals surface area contributed by atoms with E-state index in [0.717, 1.165) is 15.8 Å². The van der Waals surface area contributed by atoms with E-state index in [2.05, 4.69) is 15.5 Å². The van der Waals surface area contributed by atoms with Crippen LogP contribution >= 0.6 is 23.1 Å². The molecule has 0 unspecified atom stereocenters. The van der Waals surface area contributed by atoms with Crippen molar-refractivity contribution in [3.05, 3.63) is 30.3 Å². The Bertz CT molecular complexity index is 753. The Labute approximate surface area is 160 Å². The van der Waals surface area contributed by atoms with Gasteiger partial charge in [0.25, 0.3) is 0 Å². The standard InChI is InChI=1S/C17H20N4O3S2/c1-2-24-8-9-25-17-20-19-16(26-17)18-15(23)12-10-14(22)21(11-12)13-6-4-3-5-7-13/h3-7,12H,2,8-11H2,1H3,(H,18,19,23)/t12-/m0/s1. The number of nitrogens with one attached hydrogen (secondary N) is 1. The Morgan fingerprint density at radius 3 is 2.96 bits per heavy atom. The second kappa shape index (κ2) is 9.11. The van der Waals surface area contributed by atoms with Crippen molar-refractivity contribution in [2.45, 2.75) is 17.7 Å². The number of rotatable bonds is 8. The number of para-hydroxylation sites is 1. The molecule has 138 valence electrons. The van der Waals surface area contributed by atoms with Gasteiger partial charge in [-0.25, -0.2) is 0 Å². The third-order valence-electron chi connectivity index (χ3n) is 3.86. The van der Waals surface area contributed by atoms with Crippen molar-refractivity contribution < 1.29 is 14.3 Å². The van der Waals surface area contributed by atoms with E-state index in [1.54, 1.807) is 16.7 Å². The maximum atomic E-state index is 12.5. The molecule has 1 atom stereocenters. The minimum Gasteiger partial charge on any atom is -0.381 e. The average molecular weight is 393 g/mol. The molecule has 3 rings (SSSR count). The third kappa shape index (κ3) is 4.80. The van der Waals surface area contributed by atoms with Crippen LogP contribution in [0.15, 0.2) is 34.7 Å². The zero-order valence-corrected chi connectivity index (χ0v) is 16.0. The molecule has 2 heterocycles. The van der Waals surface area contributed by atoms with Crippen LogP contribution in [0, 0.1) is 5.92 Å². The molecular weight excluding hydrogens is 372 g/mol. The summed E-state index contributed by atoms with van der Waals surface area (Å²) >= 11 is 2.88. The summed E-state index contributed by atoms with van der Waals surface area (Å²) < 4.78 is 6.07. The van der Waals surface area contributed by atoms with Crippen LogP contribution in [0.2, 0.25) is 0 Å². The molecular formula is C17H20N4O3S2. The van der Waals surface area contributed by atoms with E-state index in [4.69, 9.17) is 4.74 Å². The quantitative estimate of drug-likeness (QED) is 0.422. The van der Waals surface area contributed by atoms with Crippen molar-refractivity contribution in [3.63, 3.8) is 0 Å². The highest BCUT2D eigenvalue weighted by atomic mass is 32.2. The number of nitrogens with zero attached hydrogens (tertiary/aromatic N) is 3. The number of amides is 2. The summed E-state index contributed by atoms with van der Waals surface area (Å²) in [7, 11) is 0. The van der Waals surface area contributed by atoms with Gasteiger partial charge in [0.2, 0.25) is 16.9 Å². The van der Waals surface area contributed by atoms with Gasteiger partial charge in [0.05, 0.1) is 12.5 Å². The number of ether oxygens (including phenoxy) is 1. The van der Waals surface area contributed by atoms with Crippen LogP contribution in [0.5, 0.6) is 0 Å². The van der Waals surface area contributed by atoms with Crippen LogP contribution in [0.25, 0.3) is 0 Å². The van der Waals surface area contributed by atoms with Gasteiger partial charge >= 0.3 is 0 Å². The molecule has 0 saturated carbocycles. The van der Waals surface area contributed by atoms with Crippen molar-refractivity contribution in [2.24, 2.45) is 5.92 Å². The third-order valence-corrected chi connectivity index (χ3v) is 5.79. The topological polar surface area (TPSA) is 84.4 Å². The first-order chi connectivity index (χ1) is 12.7. The summed E-state index contributed by atoms with van der Waals surface area (Å²) in [5.74, 6) is 0.166. The number of thioether (sulfide) groups is 1. The summed E-state index contributed by atoms with van der Waals surface area (Å²) in [6.07, 6.45) is 0.204. The molecule has 26 heavy (non-hydrogen) atoms. The fraction of sp³-hybridized carbons (Fsp3) is 0.412. The lowest BCUT2D eigenvalue weighted by Gasteiger charge is -2.16. The normalized spacial score (nSPS) is 16.9. The minimum atomic E-state index is -0.388. The van der Waals surface area contributed by atoms with Gasteiger partial charge in [-0.2, -0.15) is 0 Å². The molecule has 2 aromatic rings. The van der Waals surface area contributed by atoms with Crippen molar-refractivity contribution in [3.8, 4) is 0 Å². The first kappa shape index (κ1) is 18.8. The lowest BCUT2D eigenvalue weighted by molar-refractivity contribution is -0.122. The number of aromatic nitrogens is 2.